The van der Waals surface area contributed by atoms with Gasteiger partial charge >= 0.3 is 0 Å². The first-order valence-corrected chi connectivity index (χ1v) is 9.15. The van der Waals surface area contributed by atoms with Crippen LogP contribution in [-0.4, -0.2) is 43.5 Å². The molecule has 1 aliphatic heterocycles. The highest BCUT2D eigenvalue weighted by Gasteiger charge is 2.17. The molecule has 0 spiro atoms. The Morgan fingerprint density at radius 3 is 2.36 bits per heavy atom. The van der Waals surface area contributed by atoms with Crippen molar-refractivity contribution in [3.05, 3.63) is 58.6 Å². The summed E-state index contributed by atoms with van der Waals surface area (Å²) in [7, 11) is 0. The van der Waals surface area contributed by atoms with E-state index in [2.05, 4.69) is 39.4 Å². The minimum absolute atomic E-state index is 0.0103. The highest BCUT2D eigenvalue weighted by atomic mass is 35.5. The average molecular weight is 378 g/mol. The zero-order valence-corrected chi connectivity index (χ0v) is 15.4. The molecule has 0 radical (unpaired) electrons. The smallest absolute Gasteiger partial charge is 0.225 e. The molecule has 2 aromatic rings. The first kappa shape index (κ1) is 18.1. The van der Waals surface area contributed by atoms with Gasteiger partial charge in [-0.05, 0) is 30.3 Å². The number of para-hydroxylation sites is 1. The van der Waals surface area contributed by atoms with Crippen molar-refractivity contribution in [2.75, 3.05) is 42.9 Å². The van der Waals surface area contributed by atoms with Gasteiger partial charge in [-0.15, -0.1) is 0 Å². The number of halogens is 2. The lowest BCUT2D eigenvalue weighted by atomic mass is 10.2. The van der Waals surface area contributed by atoms with Gasteiger partial charge in [0.05, 0.1) is 10.0 Å². The molecule has 0 atom stereocenters. The fourth-order valence-electron chi connectivity index (χ4n) is 2.93. The standard InChI is InChI=1S/C19H21Cl2N3O/c20-17-7-6-15(14-18(17)21)22-19(25)8-9-23-10-12-24(13-11-23)16-4-2-1-3-5-16/h1-7,14H,8-13H2,(H,22,25). The number of carbonyl (C=O) groups excluding carboxylic acids is 1. The van der Waals surface area contributed by atoms with Crippen molar-refractivity contribution in [3.8, 4) is 0 Å². The number of nitrogens with zero attached hydrogens (tertiary/aromatic N) is 2. The molecule has 0 aliphatic carbocycles. The predicted octanol–water partition coefficient (Wildman–Crippen LogP) is 4.14. The summed E-state index contributed by atoms with van der Waals surface area (Å²) >= 11 is 11.8. The third-order valence-electron chi connectivity index (χ3n) is 4.35. The molecule has 0 unspecified atom stereocenters. The number of piperazine rings is 1. The van der Waals surface area contributed by atoms with Crippen LogP contribution in [0, 0.1) is 0 Å². The second-order valence-corrected chi connectivity index (χ2v) is 6.91. The molecule has 132 valence electrons. The lowest BCUT2D eigenvalue weighted by molar-refractivity contribution is -0.116. The zero-order valence-electron chi connectivity index (χ0n) is 13.9. The maximum absolute atomic E-state index is 12.1. The van der Waals surface area contributed by atoms with Gasteiger partial charge in [0.15, 0.2) is 0 Å². The van der Waals surface area contributed by atoms with Crippen LogP contribution in [0.25, 0.3) is 0 Å². The maximum Gasteiger partial charge on any atom is 0.225 e. The van der Waals surface area contributed by atoms with Crippen LogP contribution >= 0.6 is 23.2 Å². The summed E-state index contributed by atoms with van der Waals surface area (Å²) in [5.41, 5.74) is 1.94. The number of hydrogen-bond donors (Lipinski definition) is 1. The monoisotopic (exact) mass is 377 g/mol. The Morgan fingerprint density at radius 2 is 1.68 bits per heavy atom. The van der Waals surface area contributed by atoms with Crippen LogP contribution in [0.3, 0.4) is 0 Å². The van der Waals surface area contributed by atoms with E-state index in [1.165, 1.54) is 5.69 Å². The van der Waals surface area contributed by atoms with E-state index in [0.717, 1.165) is 32.7 Å². The van der Waals surface area contributed by atoms with Crippen molar-refractivity contribution in [3.63, 3.8) is 0 Å². The number of nitrogens with one attached hydrogen (secondary N) is 1. The number of carbonyl (C=O) groups is 1. The van der Waals surface area contributed by atoms with Gasteiger partial charge in [0.1, 0.15) is 0 Å². The van der Waals surface area contributed by atoms with Gasteiger partial charge in [-0.1, -0.05) is 41.4 Å². The van der Waals surface area contributed by atoms with Gasteiger partial charge in [0, 0.05) is 50.5 Å². The van der Waals surface area contributed by atoms with Crippen LogP contribution in [-0.2, 0) is 4.79 Å². The quantitative estimate of drug-likeness (QED) is 0.849. The third-order valence-corrected chi connectivity index (χ3v) is 5.09. The Kier molecular flexibility index (Phi) is 6.19. The van der Waals surface area contributed by atoms with Crippen molar-refractivity contribution in [2.45, 2.75) is 6.42 Å². The van der Waals surface area contributed by atoms with E-state index in [1.807, 2.05) is 6.07 Å². The summed E-state index contributed by atoms with van der Waals surface area (Å²) < 4.78 is 0. The van der Waals surface area contributed by atoms with Crippen molar-refractivity contribution >= 4 is 40.5 Å². The molecule has 6 heteroatoms. The molecular formula is C19H21Cl2N3O. The SMILES string of the molecule is O=C(CCN1CCN(c2ccccc2)CC1)Nc1ccc(Cl)c(Cl)c1. The van der Waals surface area contributed by atoms with Crippen LogP contribution in [0.15, 0.2) is 48.5 Å². The summed E-state index contributed by atoms with van der Waals surface area (Å²) in [4.78, 5) is 16.8. The zero-order chi connectivity index (χ0) is 17.6. The van der Waals surface area contributed by atoms with E-state index < -0.39 is 0 Å². The Balaban J connectivity index is 1.42. The Bertz CT molecular complexity index is 716. The lowest BCUT2D eigenvalue weighted by Crippen LogP contribution is -2.47. The molecule has 1 heterocycles. The molecule has 1 amide bonds. The summed E-state index contributed by atoms with van der Waals surface area (Å²) in [5.74, 6) is -0.0103. The third kappa shape index (κ3) is 5.11. The van der Waals surface area contributed by atoms with Gasteiger partial charge < -0.3 is 10.2 Å². The van der Waals surface area contributed by atoms with Gasteiger partial charge in [0.25, 0.3) is 0 Å². The van der Waals surface area contributed by atoms with Crippen LogP contribution < -0.4 is 10.2 Å². The fourth-order valence-corrected chi connectivity index (χ4v) is 3.22. The molecule has 0 bridgehead atoms. The summed E-state index contributed by atoms with van der Waals surface area (Å²) in [6, 6.07) is 15.5. The number of benzene rings is 2. The van der Waals surface area contributed by atoms with E-state index in [-0.39, 0.29) is 5.91 Å². The molecule has 1 fully saturated rings. The molecular weight excluding hydrogens is 357 g/mol. The van der Waals surface area contributed by atoms with E-state index in [0.29, 0.717) is 22.2 Å². The molecule has 0 aromatic heterocycles. The average Bonchev–Trinajstić information content (AvgIpc) is 2.64. The number of amides is 1. The highest BCUT2D eigenvalue weighted by Crippen LogP contribution is 2.25. The van der Waals surface area contributed by atoms with Crippen molar-refractivity contribution in [2.24, 2.45) is 0 Å². The molecule has 1 N–H and O–H groups in total. The molecule has 25 heavy (non-hydrogen) atoms. The van der Waals surface area contributed by atoms with Crippen molar-refractivity contribution < 1.29 is 4.79 Å². The number of anilines is 2. The van der Waals surface area contributed by atoms with E-state index >= 15 is 0 Å². The minimum atomic E-state index is -0.0103. The highest BCUT2D eigenvalue weighted by molar-refractivity contribution is 6.42. The first-order valence-electron chi connectivity index (χ1n) is 8.39. The Labute approximate surface area is 158 Å². The molecule has 3 rings (SSSR count). The minimum Gasteiger partial charge on any atom is -0.369 e. The normalized spacial score (nSPS) is 15.2. The largest absolute Gasteiger partial charge is 0.369 e. The topological polar surface area (TPSA) is 35.6 Å². The van der Waals surface area contributed by atoms with Gasteiger partial charge in [0.2, 0.25) is 5.91 Å². The number of rotatable bonds is 5. The molecule has 1 saturated heterocycles. The van der Waals surface area contributed by atoms with Crippen LogP contribution in [0.2, 0.25) is 10.0 Å². The summed E-state index contributed by atoms with van der Waals surface area (Å²) in [5, 5.41) is 3.79. The van der Waals surface area contributed by atoms with E-state index in [1.54, 1.807) is 18.2 Å². The van der Waals surface area contributed by atoms with Crippen LogP contribution in [0.1, 0.15) is 6.42 Å². The fraction of sp³-hybridized carbons (Fsp3) is 0.316. The molecule has 4 nitrogen and oxygen atoms in total. The molecule has 0 saturated carbocycles. The van der Waals surface area contributed by atoms with Crippen LogP contribution in [0.4, 0.5) is 11.4 Å². The van der Waals surface area contributed by atoms with Gasteiger partial charge in [-0.2, -0.15) is 0 Å². The predicted molar refractivity (Wildman–Crippen MR) is 105 cm³/mol. The maximum atomic E-state index is 12.1. The second kappa shape index (κ2) is 8.56. The molecule has 2 aromatic carbocycles. The van der Waals surface area contributed by atoms with Crippen molar-refractivity contribution in [1.29, 1.82) is 0 Å². The summed E-state index contributed by atoms with van der Waals surface area (Å²) in [6.07, 6.45) is 0.464. The van der Waals surface area contributed by atoms with E-state index in [9.17, 15) is 4.79 Å². The lowest BCUT2D eigenvalue weighted by Gasteiger charge is -2.36. The van der Waals surface area contributed by atoms with Crippen LogP contribution in [0.5, 0.6) is 0 Å². The summed E-state index contributed by atoms with van der Waals surface area (Å²) in [6.45, 7) is 4.66. The van der Waals surface area contributed by atoms with E-state index in [4.69, 9.17) is 23.2 Å². The number of hydrogen-bond acceptors (Lipinski definition) is 3. The second-order valence-electron chi connectivity index (χ2n) is 6.09. The first-order chi connectivity index (χ1) is 12.1. The Morgan fingerprint density at radius 1 is 0.960 bits per heavy atom. The Hall–Kier alpha value is -1.75. The van der Waals surface area contributed by atoms with Gasteiger partial charge in [-0.25, -0.2) is 0 Å². The molecule has 1 aliphatic rings. The van der Waals surface area contributed by atoms with Gasteiger partial charge in [-0.3, -0.25) is 9.69 Å². The van der Waals surface area contributed by atoms with Crippen molar-refractivity contribution in [1.82, 2.24) is 4.90 Å².